The molecule has 5 heteroatoms. The van der Waals surface area contributed by atoms with Crippen LogP contribution >= 0.6 is 0 Å². The average Bonchev–Trinajstić information content (AvgIpc) is 2.60. The van der Waals surface area contributed by atoms with Crippen LogP contribution in [-0.2, 0) is 9.53 Å². The smallest absolute Gasteiger partial charge is 0.338 e. The maximum absolute atomic E-state index is 12.4. The molecule has 0 aromatic heterocycles. The molecule has 1 aromatic rings. The first-order chi connectivity index (χ1) is 12.2. The fraction of sp³-hybridized carbons (Fsp3) is 0.619. The van der Waals surface area contributed by atoms with Crippen LogP contribution < -0.4 is 9.47 Å². The number of hydrogen-bond acceptors (Lipinski definition) is 5. The highest BCUT2D eigenvalue weighted by Crippen LogP contribution is 2.35. The Bertz CT molecular complexity index is 656. The molecule has 0 radical (unpaired) electrons. The van der Waals surface area contributed by atoms with Crippen molar-refractivity contribution in [3.8, 4) is 11.5 Å². The number of hydrogen-bond donors (Lipinski definition) is 0. The van der Waals surface area contributed by atoms with E-state index < -0.39 is 11.4 Å². The van der Waals surface area contributed by atoms with Gasteiger partial charge in [-0.05, 0) is 65.0 Å². The maximum Gasteiger partial charge on any atom is 0.338 e. The van der Waals surface area contributed by atoms with Crippen molar-refractivity contribution in [1.82, 2.24) is 0 Å². The van der Waals surface area contributed by atoms with Crippen LogP contribution in [0.15, 0.2) is 18.2 Å². The molecule has 0 atom stereocenters. The molecule has 144 valence electrons. The summed E-state index contributed by atoms with van der Waals surface area (Å²) in [5.41, 5.74) is -0.560. The Balaban J connectivity index is 2.30. The summed E-state index contributed by atoms with van der Waals surface area (Å²) in [6.07, 6.45) is 6.06. The van der Waals surface area contributed by atoms with Crippen LogP contribution in [0.4, 0.5) is 0 Å². The third kappa shape index (κ3) is 4.99. The summed E-state index contributed by atoms with van der Waals surface area (Å²) in [4.78, 5) is 24.4. The lowest BCUT2D eigenvalue weighted by atomic mass is 9.86. The van der Waals surface area contributed by atoms with E-state index in [1.807, 2.05) is 20.8 Å². The second-order valence-corrected chi connectivity index (χ2v) is 7.92. The fourth-order valence-corrected chi connectivity index (χ4v) is 3.00. The van der Waals surface area contributed by atoms with Gasteiger partial charge in [-0.1, -0.05) is 13.3 Å². The van der Waals surface area contributed by atoms with Crippen molar-refractivity contribution in [3.05, 3.63) is 23.8 Å². The van der Waals surface area contributed by atoms with Crippen LogP contribution in [0.1, 0.15) is 76.6 Å². The molecule has 0 amide bonds. The van der Waals surface area contributed by atoms with E-state index in [1.54, 1.807) is 12.1 Å². The fourth-order valence-electron chi connectivity index (χ4n) is 3.00. The zero-order valence-corrected chi connectivity index (χ0v) is 16.5. The van der Waals surface area contributed by atoms with Crippen LogP contribution in [0.3, 0.4) is 0 Å². The number of esters is 2. The van der Waals surface area contributed by atoms with Gasteiger partial charge in [0.05, 0.1) is 18.1 Å². The Kier molecular flexibility index (Phi) is 6.32. The highest BCUT2D eigenvalue weighted by molar-refractivity contribution is 5.90. The van der Waals surface area contributed by atoms with Crippen molar-refractivity contribution in [2.24, 2.45) is 5.41 Å². The van der Waals surface area contributed by atoms with Crippen molar-refractivity contribution >= 4 is 11.9 Å². The predicted molar refractivity (Wildman–Crippen MR) is 99.6 cm³/mol. The second kappa shape index (κ2) is 8.11. The number of benzene rings is 1. The van der Waals surface area contributed by atoms with Gasteiger partial charge in [-0.25, -0.2) is 4.79 Å². The molecule has 1 saturated carbocycles. The van der Waals surface area contributed by atoms with Crippen molar-refractivity contribution in [2.45, 2.75) is 71.8 Å². The normalized spacial score (nSPS) is 16.7. The second-order valence-electron chi connectivity index (χ2n) is 7.92. The minimum atomic E-state index is -0.600. The van der Waals surface area contributed by atoms with E-state index >= 15 is 0 Å². The van der Waals surface area contributed by atoms with E-state index in [0.717, 1.165) is 25.7 Å². The van der Waals surface area contributed by atoms with E-state index in [4.69, 9.17) is 14.2 Å². The molecule has 26 heavy (non-hydrogen) atoms. The largest absolute Gasteiger partial charge is 0.487 e. The van der Waals surface area contributed by atoms with Crippen LogP contribution in [0.5, 0.6) is 11.5 Å². The van der Waals surface area contributed by atoms with E-state index in [1.165, 1.54) is 19.6 Å². The average molecular weight is 362 g/mol. The van der Waals surface area contributed by atoms with Gasteiger partial charge in [0, 0.05) is 6.07 Å². The molecule has 2 rings (SSSR count). The van der Waals surface area contributed by atoms with Crippen molar-refractivity contribution in [3.63, 3.8) is 0 Å². The summed E-state index contributed by atoms with van der Waals surface area (Å²) in [5.74, 6) is -0.00335. The number of carbonyl (C=O) groups is 2. The first kappa shape index (κ1) is 20.3. The van der Waals surface area contributed by atoms with Crippen LogP contribution in [0, 0.1) is 5.41 Å². The Morgan fingerprint density at radius 3 is 2.27 bits per heavy atom. The van der Waals surface area contributed by atoms with Gasteiger partial charge in [0.2, 0.25) is 0 Å². The predicted octanol–water partition coefficient (Wildman–Crippen LogP) is 4.92. The summed E-state index contributed by atoms with van der Waals surface area (Å²) >= 11 is 0. The minimum absolute atomic E-state index is 0.267. The third-order valence-corrected chi connectivity index (χ3v) is 5.22. The lowest BCUT2D eigenvalue weighted by Gasteiger charge is -2.34. The van der Waals surface area contributed by atoms with Crippen molar-refractivity contribution in [1.29, 1.82) is 0 Å². The molecule has 0 bridgehead atoms. The summed E-state index contributed by atoms with van der Waals surface area (Å²) in [6.45, 7) is 7.69. The molecule has 0 aliphatic heterocycles. The highest BCUT2D eigenvalue weighted by atomic mass is 16.5. The third-order valence-electron chi connectivity index (χ3n) is 5.22. The molecule has 0 spiro atoms. The van der Waals surface area contributed by atoms with Gasteiger partial charge >= 0.3 is 11.9 Å². The molecule has 0 saturated heterocycles. The summed E-state index contributed by atoms with van der Waals surface area (Å²) < 4.78 is 16.6. The van der Waals surface area contributed by atoms with Gasteiger partial charge in [0.15, 0.2) is 0 Å². The van der Waals surface area contributed by atoms with Crippen molar-refractivity contribution < 1.29 is 23.8 Å². The summed E-state index contributed by atoms with van der Waals surface area (Å²) in [7, 11) is 1.32. The summed E-state index contributed by atoms with van der Waals surface area (Å²) in [5, 5.41) is 0. The Morgan fingerprint density at radius 2 is 1.69 bits per heavy atom. The van der Waals surface area contributed by atoms with Gasteiger partial charge in [0.1, 0.15) is 17.1 Å². The topological polar surface area (TPSA) is 61.8 Å². The van der Waals surface area contributed by atoms with Gasteiger partial charge in [-0.15, -0.1) is 0 Å². The monoisotopic (exact) mass is 362 g/mol. The number of ether oxygens (including phenoxy) is 3. The zero-order chi connectivity index (χ0) is 19.4. The van der Waals surface area contributed by atoms with Gasteiger partial charge in [0.25, 0.3) is 0 Å². The molecule has 5 nitrogen and oxygen atoms in total. The van der Waals surface area contributed by atoms with Crippen LogP contribution in [-0.4, -0.2) is 24.6 Å². The van der Waals surface area contributed by atoms with Gasteiger partial charge < -0.3 is 14.2 Å². The van der Waals surface area contributed by atoms with Crippen molar-refractivity contribution in [2.75, 3.05) is 7.11 Å². The SMILES string of the molecule is CCC(C)(C)C(=O)Oc1cc(OC2(C)CCCCC2)cc(C(=O)OC)c1. The molecular formula is C21H30O5. The molecule has 1 aliphatic rings. The quantitative estimate of drug-likeness (QED) is 0.531. The molecule has 1 aliphatic carbocycles. The minimum Gasteiger partial charge on any atom is -0.487 e. The molecule has 1 fully saturated rings. The molecule has 0 heterocycles. The Morgan fingerprint density at radius 1 is 1.08 bits per heavy atom. The zero-order valence-electron chi connectivity index (χ0n) is 16.5. The van der Waals surface area contributed by atoms with E-state index in [-0.39, 0.29) is 11.6 Å². The number of rotatable bonds is 6. The highest BCUT2D eigenvalue weighted by Gasteiger charge is 2.30. The Hall–Kier alpha value is -2.04. The maximum atomic E-state index is 12.4. The standard InChI is InChI=1S/C21H30O5/c1-6-20(2,3)19(23)25-16-12-15(18(22)24-5)13-17(14-16)26-21(4)10-8-7-9-11-21/h12-14H,6-11H2,1-5H3. The lowest BCUT2D eigenvalue weighted by Crippen LogP contribution is -2.34. The molecular weight excluding hydrogens is 332 g/mol. The first-order valence-corrected chi connectivity index (χ1v) is 9.34. The molecule has 0 N–H and O–H groups in total. The summed E-state index contributed by atoms with van der Waals surface area (Å²) in [6, 6.07) is 4.84. The van der Waals surface area contributed by atoms with Crippen LogP contribution in [0.2, 0.25) is 0 Å². The van der Waals surface area contributed by atoms with Crippen LogP contribution in [0.25, 0.3) is 0 Å². The van der Waals surface area contributed by atoms with E-state index in [2.05, 4.69) is 6.92 Å². The van der Waals surface area contributed by atoms with E-state index in [0.29, 0.717) is 23.5 Å². The first-order valence-electron chi connectivity index (χ1n) is 9.34. The Labute approximate surface area is 156 Å². The number of carbonyl (C=O) groups excluding carboxylic acids is 2. The molecule has 0 unspecified atom stereocenters. The van der Waals surface area contributed by atoms with E-state index in [9.17, 15) is 9.59 Å². The number of methoxy groups -OCH3 is 1. The van der Waals surface area contributed by atoms with Gasteiger partial charge in [-0.2, -0.15) is 0 Å². The molecule has 1 aromatic carbocycles. The van der Waals surface area contributed by atoms with Gasteiger partial charge in [-0.3, -0.25) is 4.79 Å². The lowest BCUT2D eigenvalue weighted by molar-refractivity contribution is -0.144.